The fourth-order valence-electron chi connectivity index (χ4n) is 3.58. The molecule has 1 heterocycles. The van der Waals surface area contributed by atoms with Crippen molar-refractivity contribution in [2.75, 3.05) is 45.9 Å². The first-order chi connectivity index (χ1) is 14.6. The van der Waals surface area contributed by atoms with Crippen LogP contribution in [-0.4, -0.2) is 53.0 Å². The molecule has 0 saturated carbocycles. The Hall–Kier alpha value is -2.57. The van der Waals surface area contributed by atoms with Crippen molar-refractivity contribution < 1.29 is 19.0 Å². The second-order valence-corrected chi connectivity index (χ2v) is 7.45. The van der Waals surface area contributed by atoms with E-state index in [9.17, 15) is 4.79 Å². The zero-order chi connectivity index (χ0) is 21.5. The number of aliphatic imine (C=N–C) groups is 1. The highest BCUT2D eigenvalue weighted by Gasteiger charge is 2.20. The Morgan fingerprint density at radius 2 is 1.70 bits per heavy atom. The molecule has 0 amide bonds. The van der Waals surface area contributed by atoms with Crippen LogP contribution in [0.2, 0.25) is 5.02 Å². The fourth-order valence-corrected chi connectivity index (χ4v) is 3.84. The lowest BCUT2D eigenvalue weighted by Gasteiger charge is -2.19. The van der Waals surface area contributed by atoms with Gasteiger partial charge in [0.2, 0.25) is 0 Å². The third-order valence-corrected chi connectivity index (χ3v) is 5.52. The molecule has 30 heavy (non-hydrogen) atoms. The normalized spacial score (nSPS) is 14.9. The van der Waals surface area contributed by atoms with E-state index in [1.54, 1.807) is 18.3 Å². The van der Waals surface area contributed by atoms with E-state index < -0.39 is 6.10 Å². The largest absolute Gasteiger partial charge is 0.495 e. The summed E-state index contributed by atoms with van der Waals surface area (Å²) in [4.78, 5) is 19.3. The second kappa shape index (κ2) is 10.5. The van der Waals surface area contributed by atoms with Crippen molar-refractivity contribution in [2.24, 2.45) is 4.99 Å². The number of halogens is 1. The molecule has 0 spiro atoms. The van der Waals surface area contributed by atoms with Gasteiger partial charge in [-0.3, -0.25) is 9.79 Å². The van der Waals surface area contributed by atoms with E-state index in [0.717, 1.165) is 24.2 Å². The van der Waals surface area contributed by atoms with Crippen LogP contribution in [0.1, 0.15) is 30.1 Å². The summed E-state index contributed by atoms with van der Waals surface area (Å²) in [5, 5.41) is 0.394. The summed E-state index contributed by atoms with van der Waals surface area (Å²) in [6.45, 7) is 2.17. The number of rotatable bonds is 9. The summed E-state index contributed by atoms with van der Waals surface area (Å²) in [5.74, 6) is 0.851. The van der Waals surface area contributed by atoms with E-state index in [-0.39, 0.29) is 12.3 Å². The van der Waals surface area contributed by atoms with E-state index in [4.69, 9.17) is 25.8 Å². The Bertz CT molecular complexity index is 868. The topological polar surface area (TPSA) is 60.4 Å². The number of ketones is 1. The minimum Gasteiger partial charge on any atom is -0.495 e. The summed E-state index contributed by atoms with van der Waals surface area (Å²) in [6, 6.07) is 11.5. The molecule has 6 nitrogen and oxygen atoms in total. The third kappa shape index (κ3) is 5.12. The molecular formula is C23H27ClN2O4. The number of carbonyl (C=O) groups excluding carboxylic acids is 1. The fraction of sp³-hybridized carbons (Fsp3) is 0.391. The number of nitrogens with zero attached hydrogens (tertiary/aromatic N) is 2. The molecule has 160 valence electrons. The van der Waals surface area contributed by atoms with E-state index in [0.29, 0.717) is 16.5 Å². The first-order valence-electron chi connectivity index (χ1n) is 9.89. The minimum absolute atomic E-state index is 0.000357. The molecule has 3 rings (SSSR count). The van der Waals surface area contributed by atoms with Crippen LogP contribution in [0.4, 0.5) is 5.69 Å². The number of anilines is 1. The molecule has 7 heteroatoms. The highest BCUT2D eigenvalue weighted by molar-refractivity contribution is 6.33. The second-order valence-electron chi connectivity index (χ2n) is 7.08. The molecule has 0 radical (unpaired) electrons. The maximum absolute atomic E-state index is 12.7. The summed E-state index contributed by atoms with van der Waals surface area (Å²) in [7, 11) is 4.60. The van der Waals surface area contributed by atoms with Gasteiger partial charge in [-0.15, -0.1) is 0 Å². The van der Waals surface area contributed by atoms with Crippen molar-refractivity contribution in [3.8, 4) is 11.5 Å². The van der Waals surface area contributed by atoms with Gasteiger partial charge in [0.1, 0.15) is 29.2 Å². The van der Waals surface area contributed by atoms with Gasteiger partial charge in [-0.2, -0.15) is 0 Å². The average Bonchev–Trinajstić information content (AvgIpc) is 3.30. The lowest BCUT2D eigenvalue weighted by molar-refractivity contribution is -0.127. The van der Waals surface area contributed by atoms with Gasteiger partial charge in [0, 0.05) is 32.1 Å². The molecule has 2 aromatic rings. The number of Topliss-reactive ketones (excluding diaryl/α,β-unsaturated/α-hetero) is 1. The smallest absolute Gasteiger partial charge is 0.187 e. The van der Waals surface area contributed by atoms with E-state index in [1.807, 2.05) is 12.1 Å². The number of methoxy groups -OCH3 is 3. The first kappa shape index (κ1) is 22.1. The predicted molar refractivity (Wildman–Crippen MR) is 120 cm³/mol. The molecule has 0 aliphatic carbocycles. The zero-order valence-electron chi connectivity index (χ0n) is 17.6. The van der Waals surface area contributed by atoms with Crippen LogP contribution < -0.4 is 14.4 Å². The van der Waals surface area contributed by atoms with Crippen LogP contribution in [0.25, 0.3) is 0 Å². The summed E-state index contributed by atoms with van der Waals surface area (Å²) < 4.78 is 16.0. The summed E-state index contributed by atoms with van der Waals surface area (Å²) in [6.07, 6.45) is 3.40. The molecule has 0 N–H and O–H groups in total. The lowest BCUT2D eigenvalue weighted by atomic mass is 10.0. The summed E-state index contributed by atoms with van der Waals surface area (Å²) >= 11 is 6.18. The maximum atomic E-state index is 12.7. The predicted octanol–water partition coefficient (Wildman–Crippen LogP) is 4.33. The van der Waals surface area contributed by atoms with Crippen molar-refractivity contribution in [2.45, 2.75) is 18.9 Å². The highest BCUT2D eigenvalue weighted by Crippen LogP contribution is 2.34. The Kier molecular flexibility index (Phi) is 7.71. The zero-order valence-corrected chi connectivity index (χ0v) is 18.3. The van der Waals surface area contributed by atoms with Crippen molar-refractivity contribution in [3.05, 3.63) is 52.5 Å². The molecule has 0 aromatic heterocycles. The maximum Gasteiger partial charge on any atom is 0.187 e. The lowest BCUT2D eigenvalue weighted by Crippen LogP contribution is -2.19. The molecule has 2 aromatic carbocycles. The van der Waals surface area contributed by atoms with Gasteiger partial charge in [0.15, 0.2) is 5.78 Å². The molecule has 1 unspecified atom stereocenters. The number of carbonyl (C=O) groups is 1. The number of hydrogen-bond donors (Lipinski definition) is 0. The van der Waals surface area contributed by atoms with E-state index >= 15 is 0 Å². The average molecular weight is 431 g/mol. The molecular weight excluding hydrogens is 404 g/mol. The monoisotopic (exact) mass is 430 g/mol. The molecule has 1 aliphatic rings. The Morgan fingerprint density at radius 1 is 1.10 bits per heavy atom. The Balaban J connectivity index is 1.66. The van der Waals surface area contributed by atoms with Gasteiger partial charge in [-0.05, 0) is 48.2 Å². The van der Waals surface area contributed by atoms with E-state index in [1.165, 1.54) is 39.9 Å². The number of hydrogen-bond acceptors (Lipinski definition) is 6. The van der Waals surface area contributed by atoms with Crippen molar-refractivity contribution in [1.29, 1.82) is 0 Å². The number of benzene rings is 2. The van der Waals surface area contributed by atoms with Gasteiger partial charge in [0.05, 0.1) is 14.2 Å². The van der Waals surface area contributed by atoms with Gasteiger partial charge in [-0.25, -0.2) is 0 Å². The molecule has 1 aliphatic heterocycles. The van der Waals surface area contributed by atoms with Gasteiger partial charge >= 0.3 is 0 Å². The molecule has 0 bridgehead atoms. The first-order valence-corrected chi connectivity index (χ1v) is 10.3. The van der Waals surface area contributed by atoms with Crippen LogP contribution in [0, 0.1) is 0 Å². The van der Waals surface area contributed by atoms with Crippen LogP contribution in [0.3, 0.4) is 0 Å². The summed E-state index contributed by atoms with van der Waals surface area (Å²) in [5.41, 5.74) is 2.74. The van der Waals surface area contributed by atoms with Gasteiger partial charge in [0.25, 0.3) is 0 Å². The standard InChI is InChI=1S/C23H27ClN2O4/c1-28-20-12-16(13-21(29-2)22(20)24)14-25-15-19(27)23(30-3)17-6-8-18(9-7-17)26-10-4-5-11-26/h6-9,12-14,23H,4-5,10-11,15H2,1-3H3. The minimum atomic E-state index is -0.649. The number of ether oxygens (including phenoxy) is 3. The quantitative estimate of drug-likeness (QED) is 0.554. The Labute approximate surface area is 182 Å². The van der Waals surface area contributed by atoms with Crippen molar-refractivity contribution in [1.82, 2.24) is 0 Å². The van der Waals surface area contributed by atoms with Crippen LogP contribution in [-0.2, 0) is 9.53 Å². The van der Waals surface area contributed by atoms with Gasteiger partial charge in [-0.1, -0.05) is 23.7 Å². The van der Waals surface area contributed by atoms with Crippen LogP contribution in [0.15, 0.2) is 41.4 Å². The van der Waals surface area contributed by atoms with Crippen molar-refractivity contribution in [3.63, 3.8) is 0 Å². The molecule has 1 atom stereocenters. The van der Waals surface area contributed by atoms with E-state index in [2.05, 4.69) is 22.0 Å². The third-order valence-electron chi connectivity index (χ3n) is 5.15. The van der Waals surface area contributed by atoms with Gasteiger partial charge < -0.3 is 19.1 Å². The molecule has 1 saturated heterocycles. The molecule has 1 fully saturated rings. The van der Waals surface area contributed by atoms with Crippen molar-refractivity contribution >= 4 is 29.3 Å². The van der Waals surface area contributed by atoms with Crippen LogP contribution >= 0.6 is 11.6 Å². The Morgan fingerprint density at radius 3 is 2.23 bits per heavy atom. The highest BCUT2D eigenvalue weighted by atomic mass is 35.5. The van der Waals surface area contributed by atoms with Crippen LogP contribution in [0.5, 0.6) is 11.5 Å². The SMILES string of the molecule is COc1cc(C=NCC(=O)C(OC)c2ccc(N3CCCC3)cc2)cc(OC)c1Cl.